The maximum atomic E-state index is 12.2. The van der Waals surface area contributed by atoms with Crippen LogP contribution in [0.3, 0.4) is 0 Å². The molecule has 24 heavy (non-hydrogen) atoms. The fraction of sp³-hybridized carbons (Fsp3) is 0.467. The van der Waals surface area contributed by atoms with Gasteiger partial charge in [-0.05, 0) is 18.6 Å². The molecule has 2 aliphatic rings. The van der Waals surface area contributed by atoms with E-state index in [1.54, 1.807) is 21.9 Å². The fourth-order valence-electron chi connectivity index (χ4n) is 2.82. The van der Waals surface area contributed by atoms with E-state index in [1.807, 2.05) is 0 Å². The van der Waals surface area contributed by atoms with Crippen LogP contribution in [0.5, 0.6) is 0 Å². The first-order chi connectivity index (χ1) is 11.6. The number of carbonyl (C=O) groups is 4. The van der Waals surface area contributed by atoms with Gasteiger partial charge in [0.15, 0.2) is 5.76 Å². The number of furan rings is 1. The van der Waals surface area contributed by atoms with Crippen LogP contribution >= 0.6 is 0 Å². The number of nitrogens with zero attached hydrogens (tertiary/aromatic N) is 2. The van der Waals surface area contributed by atoms with Crippen molar-refractivity contribution < 1.29 is 23.6 Å². The number of hydrogen-bond donors (Lipinski definition) is 2. The van der Waals surface area contributed by atoms with E-state index in [1.165, 1.54) is 6.26 Å². The minimum Gasteiger partial charge on any atom is -0.459 e. The van der Waals surface area contributed by atoms with Crippen LogP contribution in [0.1, 0.15) is 23.4 Å². The van der Waals surface area contributed by atoms with E-state index in [4.69, 9.17) is 4.42 Å². The molecule has 9 heteroatoms. The number of nitrogens with one attached hydrogen (secondary N) is 2. The van der Waals surface area contributed by atoms with Gasteiger partial charge in [0.05, 0.1) is 6.26 Å². The molecule has 2 N–H and O–H groups in total. The van der Waals surface area contributed by atoms with Crippen LogP contribution in [0.4, 0.5) is 0 Å². The lowest BCUT2D eigenvalue weighted by Gasteiger charge is -2.34. The predicted octanol–water partition coefficient (Wildman–Crippen LogP) is -0.879. The minimum atomic E-state index is -0.809. The number of rotatable bonds is 4. The Morgan fingerprint density at radius 1 is 1.08 bits per heavy atom. The Morgan fingerprint density at radius 2 is 1.71 bits per heavy atom. The second-order valence-corrected chi connectivity index (χ2v) is 5.72. The van der Waals surface area contributed by atoms with Gasteiger partial charge in [0, 0.05) is 32.6 Å². The van der Waals surface area contributed by atoms with Gasteiger partial charge in [0.25, 0.3) is 17.7 Å². The van der Waals surface area contributed by atoms with Crippen molar-refractivity contribution in [3.63, 3.8) is 0 Å². The van der Waals surface area contributed by atoms with E-state index in [0.717, 1.165) is 0 Å². The van der Waals surface area contributed by atoms with Gasteiger partial charge in [-0.3, -0.25) is 30.0 Å². The lowest BCUT2D eigenvalue weighted by molar-refractivity contribution is -0.133. The molecule has 4 amide bonds. The molecule has 9 nitrogen and oxygen atoms in total. The number of carbonyl (C=O) groups excluding carboxylic acids is 4. The highest BCUT2D eigenvalue weighted by atomic mass is 16.3. The van der Waals surface area contributed by atoms with E-state index in [9.17, 15) is 19.2 Å². The van der Waals surface area contributed by atoms with Crippen molar-refractivity contribution in [1.82, 2.24) is 20.7 Å². The molecule has 2 fully saturated rings. The summed E-state index contributed by atoms with van der Waals surface area (Å²) >= 11 is 0. The number of hydrogen-bond acceptors (Lipinski definition) is 5. The summed E-state index contributed by atoms with van der Waals surface area (Å²) in [5.74, 6) is -1.63. The van der Waals surface area contributed by atoms with Crippen LogP contribution in [0, 0.1) is 5.92 Å². The molecule has 1 aromatic rings. The SMILES string of the molecule is O=C1NNC(=O)C1CCC(=O)N1CCN(C(=O)c2ccco2)CC1. The summed E-state index contributed by atoms with van der Waals surface area (Å²) in [7, 11) is 0. The molecular formula is C15H18N4O5. The van der Waals surface area contributed by atoms with Crippen molar-refractivity contribution in [2.75, 3.05) is 26.2 Å². The van der Waals surface area contributed by atoms with Crippen molar-refractivity contribution in [3.05, 3.63) is 24.2 Å². The Kier molecular flexibility index (Phi) is 4.50. The molecule has 0 unspecified atom stereocenters. The molecule has 2 saturated heterocycles. The van der Waals surface area contributed by atoms with Crippen LogP contribution in [0.25, 0.3) is 0 Å². The van der Waals surface area contributed by atoms with Crippen LogP contribution in [-0.4, -0.2) is 59.6 Å². The molecule has 3 rings (SSSR count). The van der Waals surface area contributed by atoms with Crippen molar-refractivity contribution in [2.24, 2.45) is 5.92 Å². The summed E-state index contributed by atoms with van der Waals surface area (Å²) in [6.07, 6.45) is 1.75. The second kappa shape index (κ2) is 6.73. The molecule has 0 spiro atoms. The predicted molar refractivity (Wildman–Crippen MR) is 80.2 cm³/mol. The Balaban J connectivity index is 1.46. The Hall–Kier alpha value is -2.84. The third kappa shape index (κ3) is 3.24. The summed E-state index contributed by atoms with van der Waals surface area (Å²) in [6, 6.07) is 3.26. The highest BCUT2D eigenvalue weighted by Crippen LogP contribution is 2.14. The largest absolute Gasteiger partial charge is 0.459 e. The van der Waals surface area contributed by atoms with Crippen molar-refractivity contribution in [2.45, 2.75) is 12.8 Å². The number of amides is 4. The summed E-state index contributed by atoms with van der Waals surface area (Å²) < 4.78 is 5.09. The standard InChI is InChI=1S/C15H18N4O5/c20-12(4-3-10-13(21)16-17-14(10)22)18-5-7-19(8-6-18)15(23)11-2-1-9-24-11/h1-2,9-10H,3-8H2,(H,16,21)(H,17,22). The summed E-state index contributed by atoms with van der Waals surface area (Å²) in [5.41, 5.74) is 4.48. The second-order valence-electron chi connectivity index (χ2n) is 5.72. The van der Waals surface area contributed by atoms with Gasteiger partial charge >= 0.3 is 0 Å². The van der Waals surface area contributed by atoms with Crippen LogP contribution in [0.15, 0.2) is 22.8 Å². The molecule has 3 heterocycles. The molecule has 0 aliphatic carbocycles. The monoisotopic (exact) mass is 334 g/mol. The quantitative estimate of drug-likeness (QED) is 0.695. The highest BCUT2D eigenvalue weighted by molar-refractivity contribution is 6.05. The molecule has 0 radical (unpaired) electrons. The molecule has 0 bridgehead atoms. The minimum absolute atomic E-state index is 0.118. The molecule has 0 aromatic carbocycles. The van der Waals surface area contributed by atoms with Crippen molar-refractivity contribution in [3.8, 4) is 0 Å². The Morgan fingerprint density at radius 3 is 2.29 bits per heavy atom. The van der Waals surface area contributed by atoms with Gasteiger partial charge in [-0.1, -0.05) is 0 Å². The molecule has 128 valence electrons. The first-order valence-corrected chi connectivity index (χ1v) is 7.76. The van der Waals surface area contributed by atoms with E-state index in [-0.39, 0.29) is 30.4 Å². The number of hydrazine groups is 1. The molecule has 1 aromatic heterocycles. The van der Waals surface area contributed by atoms with E-state index in [0.29, 0.717) is 26.2 Å². The average Bonchev–Trinajstić information content (AvgIpc) is 3.23. The zero-order valence-corrected chi connectivity index (χ0v) is 13.0. The smallest absolute Gasteiger partial charge is 0.289 e. The van der Waals surface area contributed by atoms with Gasteiger partial charge in [-0.15, -0.1) is 0 Å². The Labute approximate surface area is 137 Å². The summed E-state index contributed by atoms with van der Waals surface area (Å²) in [6.45, 7) is 1.70. The van der Waals surface area contributed by atoms with E-state index >= 15 is 0 Å². The maximum absolute atomic E-state index is 12.2. The highest BCUT2D eigenvalue weighted by Gasteiger charge is 2.34. The third-order valence-corrected chi connectivity index (χ3v) is 4.24. The third-order valence-electron chi connectivity index (χ3n) is 4.24. The average molecular weight is 334 g/mol. The van der Waals surface area contributed by atoms with Gasteiger partial charge in [-0.25, -0.2) is 0 Å². The Bertz CT molecular complexity index is 633. The number of piperazine rings is 1. The van der Waals surface area contributed by atoms with E-state index in [2.05, 4.69) is 10.9 Å². The van der Waals surface area contributed by atoms with Gasteiger partial charge in [0.1, 0.15) is 5.92 Å². The lowest BCUT2D eigenvalue weighted by Crippen LogP contribution is -2.50. The summed E-state index contributed by atoms with van der Waals surface area (Å²) in [5, 5.41) is 0. The van der Waals surface area contributed by atoms with Crippen LogP contribution in [-0.2, 0) is 14.4 Å². The molecule has 0 atom stereocenters. The van der Waals surface area contributed by atoms with Crippen LogP contribution in [0.2, 0.25) is 0 Å². The van der Waals surface area contributed by atoms with Crippen LogP contribution < -0.4 is 10.9 Å². The zero-order chi connectivity index (χ0) is 17.1. The topological polar surface area (TPSA) is 112 Å². The lowest BCUT2D eigenvalue weighted by atomic mass is 10.0. The maximum Gasteiger partial charge on any atom is 0.289 e. The van der Waals surface area contributed by atoms with E-state index < -0.39 is 17.7 Å². The van der Waals surface area contributed by atoms with Gasteiger partial charge in [-0.2, -0.15) is 0 Å². The van der Waals surface area contributed by atoms with Gasteiger partial charge in [0.2, 0.25) is 5.91 Å². The first-order valence-electron chi connectivity index (χ1n) is 7.76. The molecule has 0 saturated carbocycles. The molecular weight excluding hydrogens is 316 g/mol. The zero-order valence-electron chi connectivity index (χ0n) is 13.0. The summed E-state index contributed by atoms with van der Waals surface area (Å²) in [4.78, 5) is 50.5. The fourth-order valence-corrected chi connectivity index (χ4v) is 2.82. The van der Waals surface area contributed by atoms with Crippen molar-refractivity contribution >= 4 is 23.6 Å². The first kappa shape index (κ1) is 16.0. The van der Waals surface area contributed by atoms with Gasteiger partial charge < -0.3 is 14.2 Å². The van der Waals surface area contributed by atoms with Crippen molar-refractivity contribution in [1.29, 1.82) is 0 Å². The normalized spacial score (nSPS) is 18.5. The molecule has 2 aliphatic heterocycles.